The molecule has 1 amide bonds. The third kappa shape index (κ3) is 6.56. The number of unbranched alkanes of at least 4 members (excludes halogenated alkanes) is 7. The fraction of sp³-hybridized carbons (Fsp3) is 0.824. The minimum absolute atomic E-state index is 0.0802. The van der Waals surface area contributed by atoms with Gasteiger partial charge in [-0.05, 0) is 98.8 Å². The Morgan fingerprint density at radius 1 is 0.923 bits per heavy atom. The number of allylic oxidation sites excluding steroid dienone is 4. The normalized spacial score (nSPS) is 33.1. The molecule has 0 aromatic heterocycles. The van der Waals surface area contributed by atoms with E-state index in [1.807, 2.05) is 6.08 Å². The van der Waals surface area contributed by atoms with E-state index in [-0.39, 0.29) is 11.5 Å². The lowest BCUT2D eigenvalue weighted by Gasteiger charge is -2.52. The SMILES string of the molecule is CN1CCN(C(=O)CCCCCCCCCC[C@H]2C[C@]3(C)[C@@H](O)CC[C@H]3[C@@H]3CCC4=CC(=O)CCC4=C23)CC1. The average Bonchev–Trinajstić information content (AvgIpc) is 3.23. The van der Waals surface area contributed by atoms with Crippen LogP contribution in [0.4, 0.5) is 0 Å². The smallest absolute Gasteiger partial charge is 0.222 e. The van der Waals surface area contributed by atoms with Gasteiger partial charge in [0.25, 0.3) is 0 Å². The zero-order valence-corrected chi connectivity index (χ0v) is 24.9. The van der Waals surface area contributed by atoms with Gasteiger partial charge < -0.3 is 14.9 Å². The van der Waals surface area contributed by atoms with E-state index in [4.69, 9.17) is 0 Å². The van der Waals surface area contributed by atoms with Crippen molar-refractivity contribution < 1.29 is 14.7 Å². The summed E-state index contributed by atoms with van der Waals surface area (Å²) in [6.45, 7) is 6.19. The lowest BCUT2D eigenvalue weighted by atomic mass is 9.53. The molecule has 2 saturated carbocycles. The Morgan fingerprint density at radius 3 is 2.36 bits per heavy atom. The van der Waals surface area contributed by atoms with Gasteiger partial charge in [0.15, 0.2) is 5.78 Å². The molecule has 218 valence electrons. The highest BCUT2D eigenvalue weighted by molar-refractivity contribution is 5.93. The third-order valence-electron chi connectivity index (χ3n) is 11.3. The molecule has 0 aromatic rings. The van der Waals surface area contributed by atoms with Crippen molar-refractivity contribution in [3.05, 3.63) is 22.8 Å². The van der Waals surface area contributed by atoms with Crippen LogP contribution >= 0.6 is 0 Å². The van der Waals surface area contributed by atoms with E-state index >= 15 is 0 Å². The molecular weight excluding hydrogens is 484 g/mol. The molecule has 1 heterocycles. The summed E-state index contributed by atoms with van der Waals surface area (Å²) in [7, 11) is 2.13. The minimum atomic E-state index is -0.140. The van der Waals surface area contributed by atoms with Crippen LogP contribution in [-0.2, 0) is 9.59 Å². The molecule has 4 aliphatic carbocycles. The molecule has 0 aromatic carbocycles. The molecule has 5 heteroatoms. The molecule has 5 nitrogen and oxygen atoms in total. The number of rotatable bonds is 11. The third-order valence-corrected chi connectivity index (χ3v) is 11.3. The number of amides is 1. The number of hydrogen-bond acceptors (Lipinski definition) is 4. The van der Waals surface area contributed by atoms with Gasteiger partial charge in [-0.1, -0.05) is 57.4 Å². The molecule has 0 bridgehead atoms. The van der Waals surface area contributed by atoms with E-state index in [2.05, 4.69) is 23.8 Å². The van der Waals surface area contributed by atoms with E-state index in [0.717, 1.165) is 64.7 Å². The predicted molar refractivity (Wildman–Crippen MR) is 157 cm³/mol. The first-order valence-electron chi connectivity index (χ1n) is 16.5. The van der Waals surface area contributed by atoms with E-state index in [1.165, 1.54) is 69.8 Å². The summed E-state index contributed by atoms with van der Waals surface area (Å²) in [5, 5.41) is 11.0. The van der Waals surface area contributed by atoms with Gasteiger partial charge in [-0.2, -0.15) is 0 Å². The zero-order chi connectivity index (χ0) is 27.4. The van der Waals surface area contributed by atoms with Gasteiger partial charge in [0.05, 0.1) is 6.10 Å². The highest BCUT2D eigenvalue weighted by atomic mass is 16.3. The summed E-state index contributed by atoms with van der Waals surface area (Å²) in [4.78, 5) is 28.9. The fourth-order valence-corrected chi connectivity index (χ4v) is 9.00. The number of carbonyl (C=O) groups excluding carboxylic acids is 2. The second-order valence-corrected chi connectivity index (χ2v) is 13.9. The van der Waals surface area contributed by atoms with Crippen molar-refractivity contribution in [2.75, 3.05) is 33.2 Å². The van der Waals surface area contributed by atoms with E-state index in [1.54, 1.807) is 11.1 Å². The molecule has 0 unspecified atom stereocenters. The molecule has 0 radical (unpaired) electrons. The van der Waals surface area contributed by atoms with Crippen LogP contribution in [-0.4, -0.2) is 65.9 Å². The van der Waals surface area contributed by atoms with Crippen LogP contribution < -0.4 is 0 Å². The number of aliphatic hydroxyl groups excluding tert-OH is 1. The number of hydrogen-bond donors (Lipinski definition) is 1. The zero-order valence-electron chi connectivity index (χ0n) is 24.9. The summed E-state index contributed by atoms with van der Waals surface area (Å²) in [6.07, 6.45) is 20.9. The van der Waals surface area contributed by atoms with Crippen LogP contribution in [0.1, 0.15) is 116 Å². The van der Waals surface area contributed by atoms with Crippen molar-refractivity contribution in [3.8, 4) is 0 Å². The van der Waals surface area contributed by atoms with Gasteiger partial charge in [0, 0.05) is 39.0 Å². The van der Waals surface area contributed by atoms with Gasteiger partial charge in [-0.3, -0.25) is 9.59 Å². The van der Waals surface area contributed by atoms with Crippen molar-refractivity contribution in [2.24, 2.45) is 23.2 Å². The maximum Gasteiger partial charge on any atom is 0.222 e. The van der Waals surface area contributed by atoms with Crippen LogP contribution in [0.15, 0.2) is 22.8 Å². The number of fused-ring (bicyclic) bond motifs is 4. The Balaban J connectivity index is 1.04. The van der Waals surface area contributed by atoms with Crippen molar-refractivity contribution in [2.45, 2.75) is 122 Å². The molecule has 5 atom stereocenters. The van der Waals surface area contributed by atoms with Crippen molar-refractivity contribution in [1.82, 2.24) is 9.80 Å². The Morgan fingerprint density at radius 2 is 1.62 bits per heavy atom. The lowest BCUT2D eigenvalue weighted by Crippen LogP contribution is -2.47. The Bertz CT molecular complexity index is 946. The highest BCUT2D eigenvalue weighted by Crippen LogP contribution is 2.62. The molecule has 1 aliphatic heterocycles. The van der Waals surface area contributed by atoms with Crippen LogP contribution in [0, 0.1) is 23.2 Å². The molecule has 1 saturated heterocycles. The highest BCUT2D eigenvalue weighted by Gasteiger charge is 2.55. The Labute approximate surface area is 237 Å². The summed E-state index contributed by atoms with van der Waals surface area (Å²) < 4.78 is 0. The minimum Gasteiger partial charge on any atom is -0.393 e. The first-order chi connectivity index (χ1) is 18.9. The summed E-state index contributed by atoms with van der Waals surface area (Å²) in [5.41, 5.74) is 4.72. The van der Waals surface area contributed by atoms with E-state index in [9.17, 15) is 14.7 Å². The van der Waals surface area contributed by atoms with Crippen molar-refractivity contribution in [3.63, 3.8) is 0 Å². The van der Waals surface area contributed by atoms with Crippen LogP contribution in [0.3, 0.4) is 0 Å². The van der Waals surface area contributed by atoms with Gasteiger partial charge in [0.1, 0.15) is 0 Å². The Hall–Kier alpha value is -1.46. The van der Waals surface area contributed by atoms with Gasteiger partial charge in [0.2, 0.25) is 5.91 Å². The first kappa shape index (κ1) is 29.0. The van der Waals surface area contributed by atoms with Crippen molar-refractivity contribution in [1.29, 1.82) is 0 Å². The number of ketones is 1. The van der Waals surface area contributed by atoms with Crippen molar-refractivity contribution >= 4 is 11.7 Å². The molecule has 39 heavy (non-hydrogen) atoms. The van der Waals surface area contributed by atoms with E-state index in [0.29, 0.717) is 35.9 Å². The maximum absolute atomic E-state index is 12.4. The molecule has 5 rings (SSSR count). The number of carbonyl (C=O) groups is 2. The number of piperazine rings is 1. The van der Waals surface area contributed by atoms with Gasteiger partial charge >= 0.3 is 0 Å². The predicted octanol–water partition coefficient (Wildman–Crippen LogP) is 6.45. The van der Waals surface area contributed by atoms with Gasteiger partial charge in [-0.15, -0.1) is 0 Å². The number of likely N-dealkylation sites (N-methyl/N-ethyl adjacent to an activating group) is 1. The summed E-state index contributed by atoms with van der Waals surface area (Å²) in [6, 6.07) is 0. The monoisotopic (exact) mass is 538 g/mol. The summed E-state index contributed by atoms with van der Waals surface area (Å²) in [5.74, 6) is 2.53. The average molecular weight is 539 g/mol. The maximum atomic E-state index is 12.4. The molecular formula is C34H54N2O3. The van der Waals surface area contributed by atoms with Crippen LogP contribution in [0.5, 0.6) is 0 Å². The van der Waals surface area contributed by atoms with Crippen LogP contribution in [0.2, 0.25) is 0 Å². The standard InChI is InChI=1S/C34H54N2O3/c1-34-24-26(11-9-7-5-3-4-6-8-10-12-32(39)36-21-19-35(2)20-22-36)33-28-16-14-27(37)23-25(28)13-15-29(33)30(34)17-18-31(34)38/h23,26,29-31,38H,3-22,24H2,1-2H3/t26-,29-,30-,31-,34-/m0/s1. The topological polar surface area (TPSA) is 60.9 Å². The van der Waals surface area contributed by atoms with Crippen LogP contribution in [0.25, 0.3) is 0 Å². The molecule has 1 N–H and O–H groups in total. The molecule has 3 fully saturated rings. The second-order valence-electron chi connectivity index (χ2n) is 13.9. The first-order valence-corrected chi connectivity index (χ1v) is 16.5. The number of nitrogens with zero attached hydrogens (tertiary/aromatic N) is 2. The largest absolute Gasteiger partial charge is 0.393 e. The quantitative estimate of drug-likeness (QED) is 0.307. The summed E-state index contributed by atoms with van der Waals surface area (Å²) >= 11 is 0. The molecule has 0 spiro atoms. The van der Waals surface area contributed by atoms with Gasteiger partial charge in [-0.25, -0.2) is 0 Å². The Kier molecular flexibility index (Phi) is 9.70. The lowest BCUT2D eigenvalue weighted by molar-refractivity contribution is -0.132. The number of aliphatic hydroxyl groups is 1. The fourth-order valence-electron chi connectivity index (χ4n) is 9.00. The second kappa shape index (κ2) is 13.0. The molecule has 5 aliphatic rings. The van der Waals surface area contributed by atoms with E-state index < -0.39 is 0 Å².